The van der Waals surface area contributed by atoms with E-state index < -0.39 is 6.04 Å². The lowest BCUT2D eigenvalue weighted by molar-refractivity contribution is -0.136. The van der Waals surface area contributed by atoms with Crippen LogP contribution in [0.25, 0.3) is 10.9 Å². The zero-order chi connectivity index (χ0) is 22.5. The van der Waals surface area contributed by atoms with Crippen LogP contribution in [0, 0.1) is 5.82 Å². The highest BCUT2D eigenvalue weighted by Gasteiger charge is 2.28. The second kappa shape index (κ2) is 9.96. The summed E-state index contributed by atoms with van der Waals surface area (Å²) in [7, 11) is 0. The third-order valence-electron chi connectivity index (χ3n) is 5.99. The van der Waals surface area contributed by atoms with Gasteiger partial charge in [-0.25, -0.2) is 4.39 Å². The molecule has 1 aliphatic rings. The van der Waals surface area contributed by atoms with E-state index >= 15 is 0 Å². The smallest absolute Gasteiger partial charge is 0.245 e. The van der Waals surface area contributed by atoms with E-state index in [0.717, 1.165) is 48.1 Å². The monoisotopic (exact) mass is 436 g/mol. The number of fused-ring (bicyclic) bond motifs is 1. The normalized spacial score (nSPS) is 16.0. The van der Waals surface area contributed by atoms with Crippen LogP contribution < -0.4 is 5.32 Å². The van der Waals surface area contributed by atoms with Crippen LogP contribution in [0.5, 0.6) is 0 Å². The zero-order valence-electron chi connectivity index (χ0n) is 18.3. The van der Waals surface area contributed by atoms with E-state index in [2.05, 4.69) is 15.2 Å². The van der Waals surface area contributed by atoms with Gasteiger partial charge in [0.2, 0.25) is 11.8 Å². The summed E-state index contributed by atoms with van der Waals surface area (Å²) in [5.74, 6) is -0.495. The van der Waals surface area contributed by atoms with Crippen LogP contribution in [-0.4, -0.2) is 58.8 Å². The Morgan fingerprint density at radius 1 is 1.06 bits per heavy atom. The lowest BCUT2D eigenvalue weighted by Gasteiger charge is -2.27. The van der Waals surface area contributed by atoms with Gasteiger partial charge in [0.05, 0.1) is 0 Å². The molecular formula is C25H29FN4O2. The van der Waals surface area contributed by atoms with E-state index in [1.165, 1.54) is 19.1 Å². The highest BCUT2D eigenvalue weighted by molar-refractivity contribution is 5.89. The molecule has 6 nitrogen and oxygen atoms in total. The molecule has 3 aromatic rings. The number of hydrogen-bond acceptors (Lipinski definition) is 3. The maximum absolute atomic E-state index is 13.4. The molecule has 168 valence electrons. The van der Waals surface area contributed by atoms with Gasteiger partial charge in [0.25, 0.3) is 0 Å². The average Bonchev–Trinajstić information content (AvgIpc) is 3.04. The molecule has 0 aliphatic carbocycles. The first-order chi connectivity index (χ1) is 15.5. The molecule has 2 N–H and O–H groups in total. The molecule has 32 heavy (non-hydrogen) atoms. The van der Waals surface area contributed by atoms with Crippen LogP contribution in [-0.2, 0) is 22.6 Å². The van der Waals surface area contributed by atoms with E-state index in [0.29, 0.717) is 19.5 Å². The van der Waals surface area contributed by atoms with Gasteiger partial charge < -0.3 is 15.2 Å². The van der Waals surface area contributed by atoms with E-state index in [1.54, 1.807) is 12.1 Å². The Morgan fingerprint density at radius 3 is 2.62 bits per heavy atom. The number of nitrogens with one attached hydrogen (secondary N) is 2. The molecule has 4 rings (SSSR count). The lowest BCUT2D eigenvalue weighted by atomic mass is 10.0. The highest BCUT2D eigenvalue weighted by Crippen LogP contribution is 2.20. The second-order valence-corrected chi connectivity index (χ2v) is 8.40. The summed E-state index contributed by atoms with van der Waals surface area (Å²) >= 11 is 0. The molecule has 7 heteroatoms. The van der Waals surface area contributed by atoms with Gasteiger partial charge in [-0.15, -0.1) is 0 Å². The zero-order valence-corrected chi connectivity index (χ0v) is 18.3. The van der Waals surface area contributed by atoms with Gasteiger partial charge >= 0.3 is 0 Å². The predicted octanol–water partition coefficient (Wildman–Crippen LogP) is 3.09. The number of aromatic nitrogens is 1. The van der Waals surface area contributed by atoms with Crippen molar-refractivity contribution in [2.24, 2.45) is 0 Å². The first-order valence-electron chi connectivity index (χ1n) is 11.1. The Kier molecular flexibility index (Phi) is 6.85. The second-order valence-electron chi connectivity index (χ2n) is 8.40. The van der Waals surface area contributed by atoms with Crippen molar-refractivity contribution in [3.05, 3.63) is 71.7 Å². The molecular weight excluding hydrogens is 407 g/mol. The van der Waals surface area contributed by atoms with Crippen LogP contribution >= 0.6 is 0 Å². The SMILES string of the molecule is CC(=O)N[C@@H](Cc1c[nH]c2ccccc12)C(=O)N1CCCN(Cc2ccc(F)cc2)CC1. The first kappa shape index (κ1) is 22.0. The molecule has 2 amide bonds. The van der Waals surface area contributed by atoms with E-state index in [-0.39, 0.29) is 17.6 Å². The first-order valence-corrected chi connectivity index (χ1v) is 11.1. The summed E-state index contributed by atoms with van der Waals surface area (Å²) in [5.41, 5.74) is 3.09. The Morgan fingerprint density at radius 2 is 1.84 bits per heavy atom. The van der Waals surface area contributed by atoms with Crippen LogP contribution in [0.15, 0.2) is 54.7 Å². The molecule has 1 atom stereocenters. The predicted molar refractivity (Wildman–Crippen MR) is 122 cm³/mol. The van der Waals surface area contributed by atoms with Crippen molar-refractivity contribution < 1.29 is 14.0 Å². The molecule has 0 saturated carbocycles. The van der Waals surface area contributed by atoms with Gasteiger partial charge in [0, 0.05) is 63.2 Å². The third kappa shape index (κ3) is 5.34. The number of nitrogens with zero attached hydrogens (tertiary/aromatic N) is 2. The summed E-state index contributed by atoms with van der Waals surface area (Å²) in [6.45, 7) is 5.04. The van der Waals surface area contributed by atoms with E-state index in [1.807, 2.05) is 35.4 Å². The molecule has 0 spiro atoms. The number of H-pyrrole nitrogens is 1. The minimum absolute atomic E-state index is 0.0471. The summed E-state index contributed by atoms with van der Waals surface area (Å²) in [6, 6.07) is 13.9. The molecule has 2 heterocycles. The fourth-order valence-electron chi connectivity index (χ4n) is 4.38. The lowest BCUT2D eigenvalue weighted by Crippen LogP contribution is -2.50. The summed E-state index contributed by atoms with van der Waals surface area (Å²) in [5, 5.41) is 3.93. The number of aromatic amines is 1. The number of carbonyl (C=O) groups is 2. The van der Waals surface area contributed by atoms with Crippen molar-refractivity contribution in [2.45, 2.75) is 32.4 Å². The number of halogens is 1. The van der Waals surface area contributed by atoms with Crippen LogP contribution in [0.2, 0.25) is 0 Å². The molecule has 0 bridgehead atoms. The van der Waals surface area contributed by atoms with Crippen molar-refractivity contribution in [1.29, 1.82) is 0 Å². The fraction of sp³-hybridized carbons (Fsp3) is 0.360. The maximum Gasteiger partial charge on any atom is 0.245 e. The van der Waals surface area contributed by atoms with Gasteiger partial charge in [-0.05, 0) is 35.7 Å². The van der Waals surface area contributed by atoms with Crippen molar-refractivity contribution >= 4 is 22.7 Å². The molecule has 0 radical (unpaired) electrons. The van der Waals surface area contributed by atoms with Gasteiger partial charge in [-0.3, -0.25) is 14.5 Å². The maximum atomic E-state index is 13.4. The molecule has 1 fully saturated rings. The van der Waals surface area contributed by atoms with Gasteiger partial charge in [-0.1, -0.05) is 30.3 Å². The third-order valence-corrected chi connectivity index (χ3v) is 5.99. The van der Waals surface area contributed by atoms with Gasteiger partial charge in [-0.2, -0.15) is 0 Å². The Labute approximate surface area is 187 Å². The number of rotatable bonds is 6. The Bertz CT molecular complexity index is 1080. The summed E-state index contributed by atoms with van der Waals surface area (Å²) in [6.07, 6.45) is 3.21. The van der Waals surface area contributed by atoms with Gasteiger partial charge in [0.1, 0.15) is 11.9 Å². The number of para-hydroxylation sites is 1. The largest absolute Gasteiger partial charge is 0.361 e. The number of benzene rings is 2. The molecule has 1 aromatic heterocycles. The fourth-order valence-corrected chi connectivity index (χ4v) is 4.38. The van der Waals surface area contributed by atoms with E-state index in [4.69, 9.17) is 0 Å². The van der Waals surface area contributed by atoms with Crippen molar-refractivity contribution in [3.8, 4) is 0 Å². The quantitative estimate of drug-likeness (QED) is 0.624. The van der Waals surface area contributed by atoms with Crippen LogP contribution in [0.4, 0.5) is 4.39 Å². The van der Waals surface area contributed by atoms with Crippen molar-refractivity contribution in [2.75, 3.05) is 26.2 Å². The molecule has 1 aliphatic heterocycles. The minimum Gasteiger partial charge on any atom is -0.361 e. The summed E-state index contributed by atoms with van der Waals surface area (Å²) in [4.78, 5) is 32.6. The highest BCUT2D eigenvalue weighted by atomic mass is 19.1. The van der Waals surface area contributed by atoms with Crippen molar-refractivity contribution in [1.82, 2.24) is 20.1 Å². The number of hydrogen-bond donors (Lipinski definition) is 2. The molecule has 2 aromatic carbocycles. The molecule has 0 unspecified atom stereocenters. The Balaban J connectivity index is 1.42. The van der Waals surface area contributed by atoms with Crippen LogP contribution in [0.3, 0.4) is 0 Å². The van der Waals surface area contributed by atoms with Gasteiger partial charge in [0.15, 0.2) is 0 Å². The number of amides is 2. The minimum atomic E-state index is -0.602. The summed E-state index contributed by atoms with van der Waals surface area (Å²) < 4.78 is 13.2. The van der Waals surface area contributed by atoms with Crippen molar-refractivity contribution in [3.63, 3.8) is 0 Å². The topological polar surface area (TPSA) is 68.4 Å². The standard InChI is InChI=1S/C25H29FN4O2/c1-18(31)28-24(15-20-16-27-23-6-3-2-5-22(20)23)25(32)30-12-4-11-29(13-14-30)17-19-7-9-21(26)10-8-19/h2-3,5-10,16,24,27H,4,11-15,17H2,1H3,(H,28,31)/t24-/m0/s1. The van der Waals surface area contributed by atoms with E-state index in [9.17, 15) is 14.0 Å². The average molecular weight is 437 g/mol. The number of carbonyl (C=O) groups excluding carboxylic acids is 2. The molecule has 1 saturated heterocycles. The Hall–Kier alpha value is -3.19. The van der Waals surface area contributed by atoms with Crippen LogP contribution in [0.1, 0.15) is 24.5 Å².